The van der Waals surface area contributed by atoms with Gasteiger partial charge in [0.25, 0.3) is 0 Å². The number of nitrogens with one attached hydrogen (secondary N) is 2. The van der Waals surface area contributed by atoms with Crippen LogP contribution < -0.4 is 15.5 Å². The van der Waals surface area contributed by atoms with Crippen molar-refractivity contribution in [2.75, 3.05) is 4.90 Å². The molecule has 1 fully saturated rings. The van der Waals surface area contributed by atoms with Crippen LogP contribution in [-0.2, 0) is 43.2 Å². The van der Waals surface area contributed by atoms with Crippen molar-refractivity contribution in [3.63, 3.8) is 0 Å². The van der Waals surface area contributed by atoms with E-state index in [1.165, 1.54) is 4.90 Å². The Balaban J connectivity index is 1.32. The molecule has 3 amide bonds. The maximum atomic E-state index is 13.7. The minimum Gasteiger partial charge on any atom is -0.434 e. The highest BCUT2D eigenvalue weighted by Crippen LogP contribution is 2.39. The van der Waals surface area contributed by atoms with Gasteiger partial charge in [-0.15, -0.1) is 0 Å². The number of carbonyl (C=O) groups excluding carboxylic acids is 4. The first-order chi connectivity index (χ1) is 16.9. The van der Waals surface area contributed by atoms with Crippen LogP contribution >= 0.6 is 0 Å². The first kappa shape index (κ1) is 23.0. The summed E-state index contributed by atoms with van der Waals surface area (Å²) < 4.78 is 4.71. The molecule has 3 heterocycles. The van der Waals surface area contributed by atoms with Crippen LogP contribution in [0.2, 0.25) is 0 Å². The van der Waals surface area contributed by atoms with Crippen LogP contribution in [0.3, 0.4) is 0 Å². The summed E-state index contributed by atoms with van der Waals surface area (Å²) in [7, 11) is 0. The quantitative estimate of drug-likeness (QED) is 0.528. The smallest absolute Gasteiger partial charge is 0.310 e. The molecule has 0 spiro atoms. The summed E-state index contributed by atoms with van der Waals surface area (Å²) in [6, 6.07) is 12.9. The van der Waals surface area contributed by atoms with Gasteiger partial charge in [0, 0.05) is 12.8 Å². The third-order valence-corrected chi connectivity index (χ3v) is 6.84. The van der Waals surface area contributed by atoms with E-state index < -0.39 is 36.3 Å². The van der Waals surface area contributed by atoms with Gasteiger partial charge in [0.2, 0.25) is 24.0 Å². The first-order valence-electron chi connectivity index (χ1n) is 11.9. The molecule has 0 saturated carbocycles. The number of aliphatic hydroxyl groups excluding tert-OH is 1. The number of benzene rings is 2. The Kier molecular flexibility index (Phi) is 6.25. The topological polar surface area (TPSA) is 125 Å². The number of rotatable bonds is 6. The molecule has 2 aromatic carbocycles. The van der Waals surface area contributed by atoms with Crippen LogP contribution in [0.15, 0.2) is 48.5 Å². The van der Waals surface area contributed by atoms with Crippen LogP contribution in [0.5, 0.6) is 0 Å². The zero-order chi connectivity index (χ0) is 24.5. The van der Waals surface area contributed by atoms with Gasteiger partial charge in [-0.1, -0.05) is 48.5 Å². The molecule has 0 bridgehead atoms. The number of hydrogen-bond donors (Lipinski definition) is 3. The largest absolute Gasteiger partial charge is 0.434 e. The van der Waals surface area contributed by atoms with Crippen molar-refractivity contribution >= 4 is 29.4 Å². The number of aliphatic hydroxyl groups is 1. The summed E-state index contributed by atoms with van der Waals surface area (Å²) in [6.07, 6.45) is 0.607. The second-order valence-corrected chi connectivity index (χ2v) is 9.20. The molecule has 9 heteroatoms. The summed E-state index contributed by atoms with van der Waals surface area (Å²) in [5.74, 6) is -1.62. The maximum Gasteiger partial charge on any atom is 0.310 e. The molecule has 0 aliphatic carbocycles. The summed E-state index contributed by atoms with van der Waals surface area (Å²) in [5.41, 5.74) is 3.59. The van der Waals surface area contributed by atoms with E-state index in [1.54, 1.807) is 0 Å². The number of hydrogen-bond acceptors (Lipinski definition) is 6. The van der Waals surface area contributed by atoms with E-state index in [2.05, 4.69) is 10.6 Å². The molecule has 9 nitrogen and oxygen atoms in total. The van der Waals surface area contributed by atoms with Gasteiger partial charge in [0.15, 0.2) is 0 Å². The van der Waals surface area contributed by atoms with Crippen molar-refractivity contribution in [1.82, 2.24) is 10.6 Å². The molecular weight excluding hydrogens is 450 g/mol. The SMILES string of the molecule is O=C(CCc1ccccc1)N[C@H]1CCc2cccc3c2N(C1=O)[C@H](C(=O)N[C@H]1CC(=O)OC1O)C3. The lowest BCUT2D eigenvalue weighted by atomic mass is 10.0. The summed E-state index contributed by atoms with van der Waals surface area (Å²) >= 11 is 0. The molecule has 1 saturated heterocycles. The Bertz CT molecular complexity index is 1170. The lowest BCUT2D eigenvalue weighted by Crippen LogP contribution is -2.56. The number of carbonyl (C=O) groups is 4. The molecule has 182 valence electrons. The predicted molar refractivity (Wildman–Crippen MR) is 125 cm³/mol. The van der Waals surface area contributed by atoms with Crippen molar-refractivity contribution in [1.29, 1.82) is 0 Å². The highest BCUT2D eigenvalue weighted by Gasteiger charge is 2.45. The van der Waals surface area contributed by atoms with E-state index in [4.69, 9.17) is 4.74 Å². The Morgan fingerprint density at radius 1 is 1.00 bits per heavy atom. The molecule has 4 atom stereocenters. The summed E-state index contributed by atoms with van der Waals surface area (Å²) in [4.78, 5) is 52.5. The molecule has 3 aliphatic heterocycles. The third kappa shape index (κ3) is 4.64. The zero-order valence-electron chi connectivity index (χ0n) is 19.1. The normalized spacial score (nSPS) is 25.0. The Labute approximate surface area is 202 Å². The fourth-order valence-corrected chi connectivity index (χ4v) is 5.09. The number of ether oxygens (including phenoxy) is 1. The molecule has 3 aliphatic rings. The van der Waals surface area contributed by atoms with Crippen molar-refractivity contribution in [3.8, 4) is 0 Å². The lowest BCUT2D eigenvalue weighted by Gasteiger charge is -2.28. The van der Waals surface area contributed by atoms with E-state index in [0.29, 0.717) is 25.7 Å². The second-order valence-electron chi connectivity index (χ2n) is 9.20. The number of anilines is 1. The van der Waals surface area contributed by atoms with Gasteiger partial charge in [-0.2, -0.15) is 0 Å². The molecule has 0 aromatic heterocycles. The van der Waals surface area contributed by atoms with Crippen molar-refractivity contribution in [2.24, 2.45) is 0 Å². The average Bonchev–Trinajstić information content (AvgIpc) is 3.35. The fraction of sp³-hybridized carbons (Fsp3) is 0.385. The Morgan fingerprint density at radius 3 is 2.51 bits per heavy atom. The highest BCUT2D eigenvalue weighted by atomic mass is 16.6. The standard InChI is InChI=1S/C26H27N3O6/c30-21(12-9-15-5-2-1-3-6-15)27-18-11-10-16-7-4-8-17-13-20(29(23(16)17)25(18)33)24(32)28-19-14-22(31)35-26(19)34/h1-8,18-20,26,34H,9-14H2,(H,27,30)(H,28,32)/t18-,19-,20-,26?/m0/s1. The summed E-state index contributed by atoms with van der Waals surface area (Å²) in [5, 5.41) is 15.4. The van der Waals surface area contributed by atoms with E-state index in [1.807, 2.05) is 48.5 Å². The predicted octanol–water partition coefficient (Wildman–Crippen LogP) is 0.758. The van der Waals surface area contributed by atoms with Crippen LogP contribution in [0.25, 0.3) is 0 Å². The Hall–Kier alpha value is -3.72. The zero-order valence-corrected chi connectivity index (χ0v) is 19.1. The van der Waals surface area contributed by atoms with Crippen LogP contribution in [0, 0.1) is 0 Å². The third-order valence-electron chi connectivity index (χ3n) is 6.84. The van der Waals surface area contributed by atoms with Gasteiger partial charge in [0.1, 0.15) is 18.1 Å². The van der Waals surface area contributed by atoms with E-state index >= 15 is 0 Å². The first-order valence-corrected chi connectivity index (χ1v) is 11.9. The van der Waals surface area contributed by atoms with Gasteiger partial charge < -0.3 is 20.5 Å². The van der Waals surface area contributed by atoms with E-state index in [-0.39, 0.29) is 24.7 Å². The fourth-order valence-electron chi connectivity index (χ4n) is 5.09. The number of aryl methyl sites for hydroxylation is 2. The van der Waals surface area contributed by atoms with Crippen LogP contribution in [-0.4, -0.2) is 53.2 Å². The van der Waals surface area contributed by atoms with Crippen molar-refractivity contribution in [2.45, 2.75) is 62.9 Å². The van der Waals surface area contributed by atoms with Gasteiger partial charge >= 0.3 is 5.97 Å². The number of esters is 1. The van der Waals surface area contributed by atoms with Gasteiger partial charge in [-0.05, 0) is 36.0 Å². The highest BCUT2D eigenvalue weighted by molar-refractivity contribution is 6.08. The number of amides is 3. The molecule has 35 heavy (non-hydrogen) atoms. The minimum atomic E-state index is -1.41. The molecule has 2 aromatic rings. The lowest BCUT2D eigenvalue weighted by molar-refractivity contribution is -0.155. The molecule has 5 rings (SSSR count). The van der Waals surface area contributed by atoms with Crippen molar-refractivity contribution in [3.05, 3.63) is 65.2 Å². The van der Waals surface area contributed by atoms with Crippen molar-refractivity contribution < 1.29 is 29.0 Å². The van der Waals surface area contributed by atoms with Gasteiger partial charge in [-0.3, -0.25) is 24.1 Å². The second kappa shape index (κ2) is 9.50. The van der Waals surface area contributed by atoms with E-state index in [9.17, 15) is 24.3 Å². The Morgan fingerprint density at radius 2 is 1.77 bits per heavy atom. The minimum absolute atomic E-state index is 0.133. The molecular formula is C26H27N3O6. The summed E-state index contributed by atoms with van der Waals surface area (Å²) in [6.45, 7) is 0. The van der Waals surface area contributed by atoms with Crippen LogP contribution in [0.4, 0.5) is 5.69 Å². The molecule has 3 N–H and O–H groups in total. The van der Waals surface area contributed by atoms with Gasteiger partial charge in [0.05, 0.1) is 12.1 Å². The number of cyclic esters (lactones) is 1. The average molecular weight is 478 g/mol. The molecule has 0 radical (unpaired) electrons. The maximum absolute atomic E-state index is 13.7. The number of nitrogens with zero attached hydrogens (tertiary/aromatic N) is 1. The van der Waals surface area contributed by atoms with Crippen LogP contribution in [0.1, 0.15) is 36.0 Å². The van der Waals surface area contributed by atoms with Gasteiger partial charge in [-0.25, -0.2) is 0 Å². The van der Waals surface area contributed by atoms with E-state index in [0.717, 1.165) is 22.4 Å². The monoisotopic (exact) mass is 477 g/mol. The number of para-hydroxylation sites is 1. The molecule has 1 unspecified atom stereocenters.